The van der Waals surface area contributed by atoms with E-state index in [1.54, 1.807) is 29.4 Å². The van der Waals surface area contributed by atoms with E-state index < -0.39 is 0 Å². The zero-order valence-corrected chi connectivity index (χ0v) is 16.6. The van der Waals surface area contributed by atoms with E-state index in [-0.39, 0.29) is 11.8 Å². The van der Waals surface area contributed by atoms with Crippen LogP contribution in [0.1, 0.15) is 35.2 Å². The molecule has 0 aliphatic carbocycles. The number of nitrogens with zero attached hydrogens (tertiary/aromatic N) is 3. The normalized spacial score (nSPS) is 17.0. The molecule has 3 aromatic heterocycles. The maximum absolute atomic E-state index is 13.1. The van der Waals surface area contributed by atoms with Crippen LogP contribution in [0.3, 0.4) is 0 Å². The van der Waals surface area contributed by atoms with E-state index in [1.807, 2.05) is 35.7 Å². The van der Waals surface area contributed by atoms with Gasteiger partial charge in [0.15, 0.2) is 17.1 Å². The molecule has 29 heavy (non-hydrogen) atoms. The fourth-order valence-corrected chi connectivity index (χ4v) is 4.37. The van der Waals surface area contributed by atoms with Crippen molar-refractivity contribution in [2.24, 2.45) is 0 Å². The fraction of sp³-hybridized carbons (Fsp3) is 0.286. The van der Waals surface area contributed by atoms with Gasteiger partial charge in [0.2, 0.25) is 5.89 Å². The summed E-state index contributed by atoms with van der Waals surface area (Å²) in [4.78, 5) is 15.8. The minimum Gasteiger partial charge on any atom is -0.493 e. The summed E-state index contributed by atoms with van der Waals surface area (Å²) < 4.78 is 17.1. The van der Waals surface area contributed by atoms with Gasteiger partial charge < -0.3 is 18.5 Å². The molecule has 1 atom stereocenters. The van der Waals surface area contributed by atoms with Crippen LogP contribution in [0.25, 0.3) is 21.7 Å². The maximum Gasteiger partial charge on any atom is 0.289 e. The summed E-state index contributed by atoms with van der Waals surface area (Å²) in [6.45, 7) is 1.20. The molecule has 7 nitrogen and oxygen atoms in total. The number of furan rings is 1. The summed E-state index contributed by atoms with van der Waals surface area (Å²) in [5, 5.41) is 11.2. The first-order valence-corrected chi connectivity index (χ1v) is 10.3. The summed E-state index contributed by atoms with van der Waals surface area (Å²) in [6.07, 6.45) is 1.78. The number of carbonyl (C=O) groups excluding carboxylic acids is 1. The SMILES string of the molecule is COc1cccc2cc(C(=O)N3CCCC(c4nnc(-c5cccs5)o4)C3)oc12. The van der Waals surface area contributed by atoms with E-state index >= 15 is 0 Å². The van der Waals surface area contributed by atoms with Crippen molar-refractivity contribution in [3.05, 3.63) is 53.4 Å². The standard InChI is InChI=1S/C21H19N3O4S/c1-26-15-7-2-5-13-11-16(27-18(13)15)21(25)24-9-3-6-14(12-24)19-22-23-20(28-19)17-8-4-10-29-17/h2,4-5,7-8,10-11,14H,3,6,9,12H2,1H3. The highest BCUT2D eigenvalue weighted by Gasteiger charge is 2.30. The summed E-state index contributed by atoms with van der Waals surface area (Å²) >= 11 is 1.56. The second-order valence-electron chi connectivity index (χ2n) is 7.00. The minimum atomic E-state index is -0.133. The molecule has 4 aromatic rings. The molecule has 148 valence electrons. The summed E-state index contributed by atoms with van der Waals surface area (Å²) in [6, 6.07) is 11.3. The van der Waals surface area contributed by atoms with Crippen LogP contribution in [-0.4, -0.2) is 41.2 Å². The van der Waals surface area contributed by atoms with Gasteiger partial charge in [0.25, 0.3) is 11.8 Å². The van der Waals surface area contributed by atoms with Crippen molar-refractivity contribution < 1.29 is 18.4 Å². The molecule has 1 fully saturated rings. The van der Waals surface area contributed by atoms with Crippen LogP contribution >= 0.6 is 11.3 Å². The quantitative estimate of drug-likeness (QED) is 0.491. The Labute approximate surface area is 170 Å². The van der Waals surface area contributed by atoms with Crippen molar-refractivity contribution in [2.45, 2.75) is 18.8 Å². The highest BCUT2D eigenvalue weighted by atomic mass is 32.1. The third kappa shape index (κ3) is 3.29. The van der Waals surface area contributed by atoms with Gasteiger partial charge in [-0.05, 0) is 36.4 Å². The van der Waals surface area contributed by atoms with E-state index in [9.17, 15) is 4.79 Å². The first-order valence-electron chi connectivity index (χ1n) is 9.46. The van der Waals surface area contributed by atoms with Gasteiger partial charge in [-0.3, -0.25) is 4.79 Å². The lowest BCUT2D eigenvalue weighted by atomic mass is 9.98. The largest absolute Gasteiger partial charge is 0.493 e. The predicted octanol–water partition coefficient (Wildman–Crippen LogP) is 4.57. The van der Waals surface area contributed by atoms with Crippen LogP contribution in [0.5, 0.6) is 5.75 Å². The van der Waals surface area contributed by atoms with E-state index in [2.05, 4.69) is 10.2 Å². The van der Waals surface area contributed by atoms with E-state index in [1.165, 1.54) is 0 Å². The number of carbonyl (C=O) groups is 1. The third-order valence-corrected chi connectivity index (χ3v) is 6.03. The van der Waals surface area contributed by atoms with Crippen molar-refractivity contribution in [2.75, 3.05) is 20.2 Å². The molecule has 1 unspecified atom stereocenters. The Bertz CT molecular complexity index is 1150. The number of fused-ring (bicyclic) bond motifs is 1. The minimum absolute atomic E-state index is 0.0211. The molecule has 0 N–H and O–H groups in total. The van der Waals surface area contributed by atoms with Gasteiger partial charge in [-0.1, -0.05) is 18.2 Å². The number of thiophene rings is 1. The third-order valence-electron chi connectivity index (χ3n) is 5.17. The highest BCUT2D eigenvalue weighted by molar-refractivity contribution is 7.13. The molecule has 5 rings (SSSR count). The number of aromatic nitrogens is 2. The molecule has 1 aromatic carbocycles. The van der Waals surface area contributed by atoms with Crippen LogP contribution in [-0.2, 0) is 0 Å². The molecule has 0 spiro atoms. The van der Waals surface area contributed by atoms with Crippen molar-refractivity contribution in [3.8, 4) is 16.5 Å². The first-order chi connectivity index (χ1) is 14.2. The Morgan fingerprint density at radius 1 is 1.24 bits per heavy atom. The number of likely N-dealkylation sites (tertiary alicyclic amines) is 1. The lowest BCUT2D eigenvalue weighted by Gasteiger charge is -2.30. The average molecular weight is 409 g/mol. The maximum atomic E-state index is 13.1. The molecular weight excluding hydrogens is 390 g/mol. The number of piperidine rings is 1. The van der Waals surface area contributed by atoms with Crippen molar-refractivity contribution in [1.82, 2.24) is 15.1 Å². The molecule has 0 saturated carbocycles. The van der Waals surface area contributed by atoms with Crippen LogP contribution in [0.4, 0.5) is 0 Å². The van der Waals surface area contributed by atoms with Crippen LogP contribution in [0.2, 0.25) is 0 Å². The molecule has 8 heteroatoms. The number of methoxy groups -OCH3 is 1. The average Bonchev–Trinajstić information content (AvgIpc) is 3.52. The molecular formula is C21H19N3O4S. The Morgan fingerprint density at radius 3 is 3.00 bits per heavy atom. The Kier molecular flexibility index (Phi) is 4.55. The summed E-state index contributed by atoms with van der Waals surface area (Å²) in [7, 11) is 1.59. The number of hydrogen-bond donors (Lipinski definition) is 0. The Hall–Kier alpha value is -3.13. The summed E-state index contributed by atoms with van der Waals surface area (Å²) in [5.41, 5.74) is 0.587. The monoisotopic (exact) mass is 409 g/mol. The van der Waals surface area contributed by atoms with Gasteiger partial charge in [-0.15, -0.1) is 21.5 Å². The number of rotatable bonds is 4. The zero-order valence-electron chi connectivity index (χ0n) is 15.8. The number of benzene rings is 1. The molecule has 1 aliphatic rings. The molecule has 1 saturated heterocycles. The number of ether oxygens (including phenoxy) is 1. The molecule has 1 aliphatic heterocycles. The second kappa shape index (κ2) is 7.36. The number of para-hydroxylation sites is 1. The molecule has 4 heterocycles. The van der Waals surface area contributed by atoms with Gasteiger partial charge in [0, 0.05) is 18.5 Å². The fourth-order valence-electron chi connectivity index (χ4n) is 3.72. The topological polar surface area (TPSA) is 81.6 Å². The number of amides is 1. The Balaban J connectivity index is 1.36. The highest BCUT2D eigenvalue weighted by Crippen LogP contribution is 2.32. The van der Waals surface area contributed by atoms with Gasteiger partial charge >= 0.3 is 0 Å². The van der Waals surface area contributed by atoms with Crippen LogP contribution in [0, 0.1) is 0 Å². The van der Waals surface area contributed by atoms with Crippen LogP contribution in [0.15, 0.2) is 50.6 Å². The number of hydrogen-bond acceptors (Lipinski definition) is 7. The van der Waals surface area contributed by atoms with Gasteiger partial charge in [-0.2, -0.15) is 0 Å². The van der Waals surface area contributed by atoms with Crippen molar-refractivity contribution in [3.63, 3.8) is 0 Å². The predicted molar refractivity (Wildman–Crippen MR) is 108 cm³/mol. The van der Waals surface area contributed by atoms with Gasteiger partial charge in [0.1, 0.15) is 0 Å². The van der Waals surface area contributed by atoms with Crippen molar-refractivity contribution >= 4 is 28.2 Å². The molecule has 1 amide bonds. The first kappa shape index (κ1) is 17.9. The molecule has 0 radical (unpaired) electrons. The van der Waals surface area contributed by atoms with Crippen LogP contribution < -0.4 is 4.74 Å². The van der Waals surface area contributed by atoms with E-state index in [4.69, 9.17) is 13.6 Å². The van der Waals surface area contributed by atoms with Crippen molar-refractivity contribution in [1.29, 1.82) is 0 Å². The lowest BCUT2D eigenvalue weighted by molar-refractivity contribution is 0.0668. The lowest BCUT2D eigenvalue weighted by Crippen LogP contribution is -2.39. The van der Waals surface area contributed by atoms with Gasteiger partial charge in [0.05, 0.1) is 17.9 Å². The van der Waals surface area contributed by atoms with E-state index in [0.29, 0.717) is 42.0 Å². The van der Waals surface area contributed by atoms with E-state index in [0.717, 1.165) is 23.1 Å². The smallest absolute Gasteiger partial charge is 0.289 e. The Morgan fingerprint density at radius 2 is 2.17 bits per heavy atom. The van der Waals surface area contributed by atoms with Gasteiger partial charge in [-0.25, -0.2) is 0 Å². The molecule has 0 bridgehead atoms. The summed E-state index contributed by atoms with van der Waals surface area (Å²) in [5.74, 6) is 1.93. The second-order valence-corrected chi connectivity index (χ2v) is 7.95. The zero-order chi connectivity index (χ0) is 19.8.